The number of likely N-dealkylation sites (tertiary alicyclic amines) is 1. The van der Waals surface area contributed by atoms with Gasteiger partial charge in [-0.05, 0) is 18.6 Å². The molecule has 0 spiro atoms. The van der Waals surface area contributed by atoms with Gasteiger partial charge in [-0.15, -0.1) is 0 Å². The van der Waals surface area contributed by atoms with Gasteiger partial charge < -0.3 is 20.1 Å². The molecule has 0 aliphatic carbocycles. The third-order valence-corrected chi connectivity index (χ3v) is 3.28. The Bertz CT molecular complexity index is 448. The lowest BCUT2D eigenvalue weighted by molar-refractivity contribution is 0.0725. The van der Waals surface area contributed by atoms with Gasteiger partial charge in [0.2, 0.25) is 0 Å². The number of methoxy groups -OCH3 is 2. The standard InChI is InChI=1S/C13H18N2O3/c1-17-9-6-7-15(8-9)13(16)10-4-3-5-11(18-2)12(10)14/h3-5,9H,6-8,14H2,1-2H3. The SMILES string of the molecule is COc1cccc(C(=O)N2CCC(OC)C2)c1N. The lowest BCUT2D eigenvalue weighted by Crippen LogP contribution is -2.30. The second kappa shape index (κ2) is 5.27. The van der Waals surface area contributed by atoms with Crippen molar-refractivity contribution in [3.8, 4) is 5.75 Å². The molecular weight excluding hydrogens is 232 g/mol. The topological polar surface area (TPSA) is 64.8 Å². The van der Waals surface area contributed by atoms with E-state index in [-0.39, 0.29) is 12.0 Å². The van der Waals surface area contributed by atoms with Crippen molar-refractivity contribution in [3.63, 3.8) is 0 Å². The third kappa shape index (κ3) is 2.26. The van der Waals surface area contributed by atoms with Crippen molar-refractivity contribution in [1.82, 2.24) is 4.90 Å². The maximum absolute atomic E-state index is 12.3. The zero-order valence-electron chi connectivity index (χ0n) is 10.7. The average Bonchev–Trinajstić information content (AvgIpc) is 2.87. The Balaban J connectivity index is 2.19. The summed E-state index contributed by atoms with van der Waals surface area (Å²) in [6.07, 6.45) is 0.993. The quantitative estimate of drug-likeness (QED) is 0.817. The number of benzene rings is 1. The number of hydrogen-bond donors (Lipinski definition) is 1. The Hall–Kier alpha value is -1.75. The van der Waals surface area contributed by atoms with Gasteiger partial charge >= 0.3 is 0 Å². The summed E-state index contributed by atoms with van der Waals surface area (Å²) in [5.41, 5.74) is 6.81. The monoisotopic (exact) mass is 250 g/mol. The first-order chi connectivity index (χ1) is 8.67. The minimum Gasteiger partial charge on any atom is -0.495 e. The molecule has 1 aliphatic heterocycles. The molecule has 0 saturated carbocycles. The van der Waals surface area contributed by atoms with E-state index in [1.807, 2.05) is 0 Å². The number of ether oxygens (including phenoxy) is 2. The molecule has 5 nitrogen and oxygen atoms in total. The van der Waals surface area contributed by atoms with E-state index < -0.39 is 0 Å². The van der Waals surface area contributed by atoms with Crippen molar-refractivity contribution < 1.29 is 14.3 Å². The highest BCUT2D eigenvalue weighted by molar-refractivity contribution is 6.00. The fraction of sp³-hybridized carbons (Fsp3) is 0.462. The number of nitrogens with zero attached hydrogens (tertiary/aromatic N) is 1. The second-order valence-electron chi connectivity index (χ2n) is 4.32. The summed E-state index contributed by atoms with van der Waals surface area (Å²) in [7, 11) is 3.20. The van der Waals surface area contributed by atoms with E-state index in [2.05, 4.69) is 0 Å². The van der Waals surface area contributed by atoms with Crippen LogP contribution in [-0.2, 0) is 4.74 Å². The number of para-hydroxylation sites is 1. The smallest absolute Gasteiger partial charge is 0.256 e. The molecule has 1 aromatic rings. The van der Waals surface area contributed by atoms with Crippen LogP contribution in [0.3, 0.4) is 0 Å². The van der Waals surface area contributed by atoms with Crippen molar-refractivity contribution in [2.45, 2.75) is 12.5 Å². The Morgan fingerprint density at radius 3 is 2.83 bits per heavy atom. The van der Waals surface area contributed by atoms with Crippen LogP contribution in [0, 0.1) is 0 Å². The molecule has 1 aromatic carbocycles. The first-order valence-corrected chi connectivity index (χ1v) is 5.92. The molecule has 1 fully saturated rings. The van der Waals surface area contributed by atoms with Crippen molar-refractivity contribution >= 4 is 11.6 Å². The predicted molar refractivity (Wildman–Crippen MR) is 68.7 cm³/mol. The zero-order chi connectivity index (χ0) is 13.1. The van der Waals surface area contributed by atoms with Crippen LogP contribution in [0.5, 0.6) is 5.75 Å². The van der Waals surface area contributed by atoms with Gasteiger partial charge in [0.05, 0.1) is 24.5 Å². The minimum absolute atomic E-state index is 0.0639. The summed E-state index contributed by atoms with van der Waals surface area (Å²) in [6, 6.07) is 5.24. The number of nitrogen functional groups attached to an aromatic ring is 1. The number of nitrogens with two attached hydrogens (primary N) is 1. The highest BCUT2D eigenvalue weighted by Crippen LogP contribution is 2.27. The van der Waals surface area contributed by atoms with Gasteiger partial charge in [0.15, 0.2) is 0 Å². The predicted octanol–water partition coefficient (Wildman–Crippen LogP) is 1.14. The van der Waals surface area contributed by atoms with Crippen LogP contribution in [0.25, 0.3) is 0 Å². The Morgan fingerprint density at radius 1 is 1.44 bits per heavy atom. The van der Waals surface area contributed by atoms with Crippen molar-refractivity contribution in [2.24, 2.45) is 0 Å². The molecule has 1 saturated heterocycles. The van der Waals surface area contributed by atoms with E-state index in [1.54, 1.807) is 30.2 Å². The molecule has 1 amide bonds. The van der Waals surface area contributed by atoms with E-state index in [9.17, 15) is 4.79 Å². The van der Waals surface area contributed by atoms with Crippen molar-refractivity contribution in [3.05, 3.63) is 23.8 Å². The van der Waals surface area contributed by atoms with Crippen LogP contribution in [-0.4, -0.2) is 44.2 Å². The largest absolute Gasteiger partial charge is 0.495 e. The van der Waals surface area contributed by atoms with Gasteiger partial charge in [-0.3, -0.25) is 4.79 Å². The van der Waals surface area contributed by atoms with E-state index in [1.165, 1.54) is 7.11 Å². The molecule has 18 heavy (non-hydrogen) atoms. The van der Waals surface area contributed by atoms with Crippen molar-refractivity contribution in [1.29, 1.82) is 0 Å². The fourth-order valence-electron chi connectivity index (χ4n) is 2.18. The lowest BCUT2D eigenvalue weighted by atomic mass is 10.1. The summed E-state index contributed by atoms with van der Waals surface area (Å²) in [5, 5.41) is 0. The van der Waals surface area contributed by atoms with E-state index in [0.717, 1.165) is 6.42 Å². The molecule has 98 valence electrons. The molecule has 0 aromatic heterocycles. The Kier molecular flexibility index (Phi) is 3.72. The number of amides is 1. The van der Waals surface area contributed by atoms with E-state index in [0.29, 0.717) is 30.1 Å². The Morgan fingerprint density at radius 2 is 2.22 bits per heavy atom. The molecule has 2 rings (SSSR count). The van der Waals surface area contributed by atoms with Gasteiger partial charge in [-0.1, -0.05) is 6.07 Å². The first-order valence-electron chi connectivity index (χ1n) is 5.92. The number of anilines is 1. The normalized spacial score (nSPS) is 19.0. The fourth-order valence-corrected chi connectivity index (χ4v) is 2.18. The second-order valence-corrected chi connectivity index (χ2v) is 4.32. The lowest BCUT2D eigenvalue weighted by Gasteiger charge is -2.18. The minimum atomic E-state index is -0.0639. The van der Waals surface area contributed by atoms with Gasteiger partial charge in [0.25, 0.3) is 5.91 Å². The molecule has 1 heterocycles. The summed E-state index contributed by atoms with van der Waals surface area (Å²) in [5.74, 6) is 0.467. The van der Waals surface area contributed by atoms with Crippen LogP contribution in [0.2, 0.25) is 0 Å². The molecule has 0 radical (unpaired) electrons. The van der Waals surface area contributed by atoms with Crippen molar-refractivity contribution in [2.75, 3.05) is 33.0 Å². The Labute approximate surface area is 106 Å². The first kappa shape index (κ1) is 12.7. The van der Waals surface area contributed by atoms with Crippen LogP contribution in [0.4, 0.5) is 5.69 Å². The number of carbonyl (C=O) groups excluding carboxylic acids is 1. The van der Waals surface area contributed by atoms with Crippen LogP contribution in [0.1, 0.15) is 16.8 Å². The maximum Gasteiger partial charge on any atom is 0.256 e. The highest BCUT2D eigenvalue weighted by Gasteiger charge is 2.28. The summed E-state index contributed by atoms with van der Waals surface area (Å²) < 4.78 is 10.4. The van der Waals surface area contributed by atoms with E-state index in [4.69, 9.17) is 15.2 Å². The molecule has 0 bridgehead atoms. The van der Waals surface area contributed by atoms with E-state index >= 15 is 0 Å². The number of rotatable bonds is 3. The zero-order valence-corrected chi connectivity index (χ0v) is 10.7. The number of hydrogen-bond acceptors (Lipinski definition) is 4. The molecule has 5 heteroatoms. The van der Waals surface area contributed by atoms with Gasteiger partial charge in [-0.25, -0.2) is 0 Å². The molecule has 1 aliphatic rings. The maximum atomic E-state index is 12.3. The molecular formula is C13H18N2O3. The molecule has 1 atom stereocenters. The van der Waals surface area contributed by atoms with Crippen LogP contribution >= 0.6 is 0 Å². The average molecular weight is 250 g/mol. The van der Waals surface area contributed by atoms with Gasteiger partial charge in [0.1, 0.15) is 5.75 Å². The molecule has 1 unspecified atom stereocenters. The van der Waals surface area contributed by atoms with Crippen LogP contribution < -0.4 is 10.5 Å². The van der Waals surface area contributed by atoms with Crippen LogP contribution in [0.15, 0.2) is 18.2 Å². The van der Waals surface area contributed by atoms with Gasteiger partial charge in [-0.2, -0.15) is 0 Å². The third-order valence-electron chi connectivity index (χ3n) is 3.28. The van der Waals surface area contributed by atoms with Gasteiger partial charge in [0, 0.05) is 20.2 Å². The summed E-state index contributed by atoms with van der Waals surface area (Å²) in [4.78, 5) is 14.1. The number of carbonyl (C=O) groups is 1. The summed E-state index contributed by atoms with van der Waals surface area (Å²) in [6.45, 7) is 1.32. The highest BCUT2D eigenvalue weighted by atomic mass is 16.5. The summed E-state index contributed by atoms with van der Waals surface area (Å²) >= 11 is 0. The molecule has 2 N–H and O–H groups in total.